The van der Waals surface area contributed by atoms with Gasteiger partial charge in [0.15, 0.2) is 0 Å². The Bertz CT molecular complexity index is 807. The van der Waals surface area contributed by atoms with Gasteiger partial charge in [0.2, 0.25) is 17.0 Å². The Morgan fingerprint density at radius 1 is 1.33 bits per heavy atom. The van der Waals surface area contributed by atoms with Crippen LogP contribution in [0.4, 0.5) is 5.69 Å². The van der Waals surface area contributed by atoms with E-state index >= 15 is 0 Å². The SMILES string of the molecule is CC[C@H](C)N(CC(=O)Nc1cccc(C)c1C)C(=O)CSc1nnnn1C. The quantitative estimate of drug-likeness (QED) is 0.695. The molecule has 0 spiro atoms. The van der Waals surface area contributed by atoms with Gasteiger partial charge in [-0.15, -0.1) is 5.10 Å². The Labute approximate surface area is 163 Å². The second-order valence-corrected chi connectivity index (χ2v) is 7.39. The van der Waals surface area contributed by atoms with Crippen LogP contribution in [0.15, 0.2) is 23.4 Å². The summed E-state index contributed by atoms with van der Waals surface area (Å²) in [6.45, 7) is 7.91. The van der Waals surface area contributed by atoms with E-state index in [1.54, 1.807) is 11.9 Å². The highest BCUT2D eigenvalue weighted by molar-refractivity contribution is 7.99. The number of aryl methyl sites for hydroxylation is 2. The first-order valence-electron chi connectivity index (χ1n) is 8.84. The molecule has 2 aromatic rings. The lowest BCUT2D eigenvalue weighted by Crippen LogP contribution is -2.44. The minimum atomic E-state index is -0.206. The van der Waals surface area contributed by atoms with Crippen LogP contribution in [-0.2, 0) is 16.6 Å². The van der Waals surface area contributed by atoms with E-state index in [1.807, 2.05) is 45.9 Å². The molecule has 1 atom stereocenters. The Hall–Kier alpha value is -2.42. The molecule has 0 aliphatic carbocycles. The number of nitrogens with zero attached hydrogens (tertiary/aromatic N) is 5. The first-order chi connectivity index (χ1) is 12.8. The summed E-state index contributed by atoms with van der Waals surface area (Å²) in [5, 5.41) is 14.6. The predicted molar refractivity (Wildman–Crippen MR) is 106 cm³/mol. The van der Waals surface area contributed by atoms with Crippen LogP contribution in [0.5, 0.6) is 0 Å². The molecule has 1 aromatic heterocycles. The largest absolute Gasteiger partial charge is 0.330 e. The van der Waals surface area contributed by atoms with E-state index in [2.05, 4.69) is 20.8 Å². The van der Waals surface area contributed by atoms with Gasteiger partial charge in [-0.3, -0.25) is 9.59 Å². The molecule has 0 fully saturated rings. The predicted octanol–water partition coefficient (Wildman–Crippen LogP) is 2.18. The molecule has 0 radical (unpaired) electrons. The highest BCUT2D eigenvalue weighted by Crippen LogP contribution is 2.19. The highest BCUT2D eigenvalue weighted by Gasteiger charge is 2.23. The third-order valence-electron chi connectivity index (χ3n) is 4.54. The molecular formula is C18H26N6O2S. The number of hydrogen-bond acceptors (Lipinski definition) is 6. The summed E-state index contributed by atoms with van der Waals surface area (Å²) in [5.41, 5.74) is 2.91. The molecule has 0 aliphatic heterocycles. The van der Waals surface area contributed by atoms with Crippen LogP contribution < -0.4 is 5.32 Å². The van der Waals surface area contributed by atoms with Crippen molar-refractivity contribution in [3.8, 4) is 0 Å². The number of carbonyl (C=O) groups excluding carboxylic acids is 2. The summed E-state index contributed by atoms with van der Waals surface area (Å²) in [5.74, 6) is -0.147. The van der Waals surface area contributed by atoms with Crippen LogP contribution in [0.25, 0.3) is 0 Å². The van der Waals surface area contributed by atoms with Gasteiger partial charge in [0.05, 0.1) is 5.75 Å². The fourth-order valence-electron chi connectivity index (χ4n) is 2.49. The topological polar surface area (TPSA) is 93.0 Å². The summed E-state index contributed by atoms with van der Waals surface area (Å²) in [6.07, 6.45) is 0.763. The van der Waals surface area contributed by atoms with Crippen molar-refractivity contribution in [3.05, 3.63) is 29.3 Å². The summed E-state index contributed by atoms with van der Waals surface area (Å²) in [4.78, 5) is 26.9. The van der Waals surface area contributed by atoms with Gasteiger partial charge in [0.25, 0.3) is 0 Å². The number of anilines is 1. The van der Waals surface area contributed by atoms with Gasteiger partial charge in [-0.25, -0.2) is 4.68 Å². The summed E-state index contributed by atoms with van der Waals surface area (Å²) >= 11 is 1.26. The van der Waals surface area contributed by atoms with Crippen LogP contribution in [0.2, 0.25) is 0 Å². The number of benzene rings is 1. The van der Waals surface area contributed by atoms with E-state index in [4.69, 9.17) is 0 Å². The molecule has 0 aliphatic rings. The van der Waals surface area contributed by atoms with Gasteiger partial charge in [0, 0.05) is 18.8 Å². The molecule has 2 rings (SSSR count). The van der Waals surface area contributed by atoms with Gasteiger partial charge in [-0.1, -0.05) is 30.8 Å². The van der Waals surface area contributed by atoms with Gasteiger partial charge < -0.3 is 10.2 Å². The average molecular weight is 391 g/mol. The smallest absolute Gasteiger partial charge is 0.244 e. The second-order valence-electron chi connectivity index (χ2n) is 6.45. The van der Waals surface area contributed by atoms with Crippen molar-refractivity contribution >= 4 is 29.3 Å². The number of aromatic nitrogens is 4. The second kappa shape index (κ2) is 9.50. The molecule has 1 aromatic carbocycles. The van der Waals surface area contributed by atoms with Gasteiger partial charge in [-0.05, 0) is 54.8 Å². The molecule has 0 saturated heterocycles. The van der Waals surface area contributed by atoms with Crippen LogP contribution in [0.1, 0.15) is 31.4 Å². The monoisotopic (exact) mass is 390 g/mol. The Morgan fingerprint density at radius 3 is 2.70 bits per heavy atom. The maximum absolute atomic E-state index is 12.7. The van der Waals surface area contributed by atoms with E-state index in [9.17, 15) is 9.59 Å². The molecular weight excluding hydrogens is 364 g/mol. The molecule has 0 saturated carbocycles. The van der Waals surface area contributed by atoms with Gasteiger partial charge in [-0.2, -0.15) is 0 Å². The molecule has 1 heterocycles. The van der Waals surface area contributed by atoms with E-state index in [1.165, 1.54) is 16.4 Å². The zero-order chi connectivity index (χ0) is 20.0. The number of tetrazole rings is 1. The van der Waals surface area contributed by atoms with Crippen LogP contribution in [-0.4, -0.2) is 55.3 Å². The standard InChI is InChI=1S/C18H26N6O2S/c1-6-13(3)24(17(26)11-27-18-20-21-22-23(18)5)10-16(25)19-15-9-7-8-12(2)14(15)4/h7-9,13H,6,10-11H2,1-5H3,(H,19,25)/t13-/m0/s1. The molecule has 0 unspecified atom stereocenters. The first-order valence-corrected chi connectivity index (χ1v) is 9.82. The third kappa shape index (κ3) is 5.53. The van der Waals surface area contributed by atoms with Crippen molar-refractivity contribution in [3.63, 3.8) is 0 Å². The lowest BCUT2D eigenvalue weighted by molar-refractivity contribution is -0.134. The molecule has 9 heteroatoms. The molecule has 27 heavy (non-hydrogen) atoms. The van der Waals surface area contributed by atoms with Crippen LogP contribution >= 0.6 is 11.8 Å². The lowest BCUT2D eigenvalue weighted by Gasteiger charge is -2.28. The van der Waals surface area contributed by atoms with Crippen molar-refractivity contribution in [2.75, 3.05) is 17.6 Å². The third-order valence-corrected chi connectivity index (χ3v) is 5.54. The minimum absolute atomic E-state index is 0.0127. The van der Waals surface area contributed by atoms with Gasteiger partial charge >= 0.3 is 0 Å². The van der Waals surface area contributed by atoms with Crippen molar-refractivity contribution in [2.45, 2.75) is 45.3 Å². The number of thioether (sulfide) groups is 1. The zero-order valence-electron chi connectivity index (χ0n) is 16.4. The van der Waals surface area contributed by atoms with E-state index < -0.39 is 0 Å². The Balaban J connectivity index is 2.02. The number of rotatable bonds is 8. The van der Waals surface area contributed by atoms with Crippen LogP contribution in [0, 0.1) is 13.8 Å². The summed E-state index contributed by atoms with van der Waals surface area (Å²) in [6, 6.07) is 5.73. The summed E-state index contributed by atoms with van der Waals surface area (Å²) < 4.78 is 1.51. The molecule has 146 valence electrons. The Morgan fingerprint density at radius 2 is 2.07 bits per heavy atom. The van der Waals surface area contributed by atoms with E-state index in [0.717, 1.165) is 23.2 Å². The normalized spacial score (nSPS) is 11.9. The first kappa shape index (κ1) is 20.9. The fourth-order valence-corrected chi connectivity index (χ4v) is 3.23. The summed E-state index contributed by atoms with van der Waals surface area (Å²) in [7, 11) is 1.72. The number of hydrogen-bond donors (Lipinski definition) is 1. The Kier molecular flexibility index (Phi) is 7.35. The molecule has 8 nitrogen and oxygen atoms in total. The average Bonchev–Trinajstić information content (AvgIpc) is 3.05. The number of amides is 2. The lowest BCUT2D eigenvalue weighted by atomic mass is 10.1. The van der Waals surface area contributed by atoms with Crippen molar-refractivity contribution in [1.82, 2.24) is 25.1 Å². The number of carbonyl (C=O) groups is 2. The molecule has 2 amide bonds. The van der Waals surface area contributed by atoms with E-state index in [0.29, 0.717) is 5.16 Å². The maximum Gasteiger partial charge on any atom is 0.244 e. The van der Waals surface area contributed by atoms with Crippen molar-refractivity contribution in [1.29, 1.82) is 0 Å². The highest BCUT2D eigenvalue weighted by atomic mass is 32.2. The minimum Gasteiger partial charge on any atom is -0.330 e. The molecule has 0 bridgehead atoms. The fraction of sp³-hybridized carbons (Fsp3) is 0.500. The van der Waals surface area contributed by atoms with Crippen molar-refractivity contribution < 1.29 is 9.59 Å². The zero-order valence-corrected chi connectivity index (χ0v) is 17.2. The molecule has 1 N–H and O–H groups in total. The number of nitrogens with one attached hydrogen (secondary N) is 1. The maximum atomic E-state index is 12.7. The van der Waals surface area contributed by atoms with Gasteiger partial charge in [0.1, 0.15) is 6.54 Å². The van der Waals surface area contributed by atoms with Crippen LogP contribution in [0.3, 0.4) is 0 Å². The van der Waals surface area contributed by atoms with Crippen molar-refractivity contribution in [2.24, 2.45) is 7.05 Å². The van der Waals surface area contributed by atoms with E-state index in [-0.39, 0.29) is 30.2 Å².